The van der Waals surface area contributed by atoms with E-state index in [0.29, 0.717) is 5.92 Å². The van der Waals surface area contributed by atoms with Gasteiger partial charge in [0.1, 0.15) is 11.2 Å². The van der Waals surface area contributed by atoms with Gasteiger partial charge in [0.2, 0.25) is 0 Å². The molecule has 1 saturated carbocycles. The van der Waals surface area contributed by atoms with E-state index >= 15 is 0 Å². The zero-order valence-electron chi connectivity index (χ0n) is 23.0. The molecule has 8 aromatic rings. The zero-order valence-corrected chi connectivity index (χ0v) is 23.0. The molecule has 0 aliphatic heterocycles. The first-order valence-corrected chi connectivity index (χ1v) is 15.0. The molecule has 0 spiro atoms. The van der Waals surface area contributed by atoms with Crippen molar-refractivity contribution in [3.05, 3.63) is 121 Å². The van der Waals surface area contributed by atoms with E-state index in [1.54, 1.807) is 0 Å². The summed E-state index contributed by atoms with van der Waals surface area (Å²) in [4.78, 5) is 0. The predicted octanol–water partition coefficient (Wildman–Crippen LogP) is 11.9. The van der Waals surface area contributed by atoms with Gasteiger partial charge in [-0.2, -0.15) is 0 Å². The van der Waals surface area contributed by atoms with E-state index in [-0.39, 0.29) is 0 Å². The Morgan fingerprint density at radius 1 is 0.488 bits per heavy atom. The van der Waals surface area contributed by atoms with Crippen LogP contribution in [0.15, 0.2) is 120 Å². The second-order valence-electron chi connectivity index (χ2n) is 11.9. The highest BCUT2D eigenvalue weighted by Crippen LogP contribution is 2.47. The molecule has 0 saturated heterocycles. The first-order chi connectivity index (χ1) is 20.3. The zero-order chi connectivity index (χ0) is 26.9. The number of benzene rings is 7. The van der Waals surface area contributed by atoms with Gasteiger partial charge in [-0.3, -0.25) is 0 Å². The van der Waals surface area contributed by atoms with Gasteiger partial charge in [-0.1, -0.05) is 122 Å². The van der Waals surface area contributed by atoms with Crippen molar-refractivity contribution in [2.45, 2.75) is 38.0 Å². The van der Waals surface area contributed by atoms with Crippen LogP contribution in [0.25, 0.3) is 76.5 Å². The minimum atomic E-state index is 0.687. The van der Waals surface area contributed by atoms with Gasteiger partial charge in [-0.05, 0) is 85.5 Å². The van der Waals surface area contributed by atoms with Crippen LogP contribution < -0.4 is 0 Å². The summed E-state index contributed by atoms with van der Waals surface area (Å²) < 4.78 is 6.56. The molecule has 1 heterocycles. The fraction of sp³-hybridized carbons (Fsp3) is 0.150. The first kappa shape index (κ1) is 23.1. The number of hydrogen-bond acceptors (Lipinski definition) is 1. The van der Waals surface area contributed by atoms with Crippen LogP contribution >= 0.6 is 0 Å². The van der Waals surface area contributed by atoms with Crippen molar-refractivity contribution >= 4 is 54.3 Å². The highest BCUT2D eigenvalue weighted by atomic mass is 16.3. The number of fused-ring (bicyclic) bond motifs is 3. The quantitative estimate of drug-likeness (QED) is 0.209. The highest BCUT2D eigenvalue weighted by Gasteiger charge is 2.21. The van der Waals surface area contributed by atoms with Gasteiger partial charge in [0, 0.05) is 16.3 Å². The first-order valence-electron chi connectivity index (χ1n) is 15.0. The maximum atomic E-state index is 6.56. The lowest BCUT2D eigenvalue weighted by Gasteiger charge is -2.24. The SMILES string of the molecule is c1ccc(-c2cc(-c3cccc4c3oc3ccccc34)c3ccc4cc(C5CCCCC5)cc5ccc2c3c54)cc1. The maximum absolute atomic E-state index is 6.56. The fourth-order valence-corrected chi connectivity index (χ4v) is 7.65. The molecular weight excluding hydrogens is 496 g/mol. The lowest BCUT2D eigenvalue weighted by molar-refractivity contribution is 0.444. The van der Waals surface area contributed by atoms with E-state index in [2.05, 4.69) is 115 Å². The molecule has 9 rings (SSSR count). The Labute approximate surface area is 239 Å². The lowest BCUT2D eigenvalue weighted by atomic mass is 9.81. The standard InChI is InChI=1S/C40H30O/c1-3-10-25(11-4-1)29-22-27-18-20-31-35(26-12-5-2-6-13-26)24-36(32-21-19-28(23-29)38(27)39(31)32)34-16-9-15-33-30-14-7-8-17-37(30)41-40(33)34/h2,5-9,12-25H,1,3-4,10-11H2. The molecule has 0 atom stereocenters. The summed E-state index contributed by atoms with van der Waals surface area (Å²) in [6.07, 6.45) is 6.72. The summed E-state index contributed by atoms with van der Waals surface area (Å²) >= 11 is 0. The fourth-order valence-electron chi connectivity index (χ4n) is 7.65. The molecule has 0 radical (unpaired) electrons. The van der Waals surface area contributed by atoms with Crippen molar-refractivity contribution in [2.24, 2.45) is 0 Å². The molecule has 196 valence electrons. The Bertz CT molecular complexity index is 2210. The van der Waals surface area contributed by atoms with Crippen molar-refractivity contribution in [3.63, 3.8) is 0 Å². The van der Waals surface area contributed by atoms with Crippen LogP contribution in [0.1, 0.15) is 43.6 Å². The molecule has 1 fully saturated rings. The molecule has 0 unspecified atom stereocenters. The summed E-state index contributed by atoms with van der Waals surface area (Å²) in [5.74, 6) is 0.687. The van der Waals surface area contributed by atoms with Crippen molar-refractivity contribution < 1.29 is 4.42 Å². The Morgan fingerprint density at radius 2 is 1.20 bits per heavy atom. The van der Waals surface area contributed by atoms with E-state index < -0.39 is 0 Å². The van der Waals surface area contributed by atoms with Gasteiger partial charge < -0.3 is 4.42 Å². The summed E-state index contributed by atoms with van der Waals surface area (Å²) in [6, 6.07) is 42.7. The molecule has 0 N–H and O–H groups in total. The lowest BCUT2D eigenvalue weighted by Crippen LogP contribution is -2.04. The predicted molar refractivity (Wildman–Crippen MR) is 174 cm³/mol. The van der Waals surface area contributed by atoms with Crippen molar-refractivity contribution in [3.8, 4) is 22.3 Å². The average molecular weight is 527 g/mol. The smallest absolute Gasteiger partial charge is 0.143 e. The van der Waals surface area contributed by atoms with Crippen LogP contribution in [0.5, 0.6) is 0 Å². The Kier molecular flexibility index (Phi) is 5.04. The molecule has 0 amide bonds. The van der Waals surface area contributed by atoms with E-state index in [0.717, 1.165) is 16.7 Å². The van der Waals surface area contributed by atoms with Crippen molar-refractivity contribution in [2.75, 3.05) is 0 Å². The van der Waals surface area contributed by atoms with Crippen LogP contribution in [-0.2, 0) is 0 Å². The van der Waals surface area contributed by atoms with Crippen molar-refractivity contribution in [1.82, 2.24) is 0 Å². The minimum absolute atomic E-state index is 0.687. The molecular formula is C40H30O. The van der Waals surface area contributed by atoms with Crippen LogP contribution in [0.4, 0.5) is 0 Å². The molecule has 1 nitrogen and oxygen atoms in total. The molecule has 1 aromatic heterocycles. The van der Waals surface area contributed by atoms with Gasteiger partial charge in [0.05, 0.1) is 0 Å². The number of furan rings is 1. The third kappa shape index (κ3) is 3.48. The molecule has 7 aromatic carbocycles. The summed E-state index contributed by atoms with van der Waals surface area (Å²) in [5.41, 5.74) is 8.31. The number of hydrogen-bond donors (Lipinski definition) is 0. The minimum Gasteiger partial charge on any atom is -0.455 e. The normalized spacial score (nSPS) is 14.7. The second-order valence-corrected chi connectivity index (χ2v) is 11.9. The summed E-state index contributed by atoms with van der Waals surface area (Å²) in [7, 11) is 0. The topological polar surface area (TPSA) is 13.1 Å². The van der Waals surface area contributed by atoms with E-state index in [4.69, 9.17) is 4.42 Å². The molecule has 41 heavy (non-hydrogen) atoms. The maximum Gasteiger partial charge on any atom is 0.143 e. The summed E-state index contributed by atoms with van der Waals surface area (Å²) in [6.45, 7) is 0. The second kappa shape index (κ2) is 8.94. The highest BCUT2D eigenvalue weighted by molar-refractivity contribution is 6.29. The van der Waals surface area contributed by atoms with Crippen molar-refractivity contribution in [1.29, 1.82) is 0 Å². The van der Waals surface area contributed by atoms with Crippen LogP contribution in [0.3, 0.4) is 0 Å². The van der Waals surface area contributed by atoms with E-state index in [9.17, 15) is 0 Å². The average Bonchev–Trinajstić information content (AvgIpc) is 3.43. The third-order valence-corrected chi connectivity index (χ3v) is 9.59. The van der Waals surface area contributed by atoms with Gasteiger partial charge in [0.15, 0.2) is 0 Å². The Balaban J connectivity index is 1.39. The monoisotopic (exact) mass is 526 g/mol. The van der Waals surface area contributed by atoms with Crippen LogP contribution in [0.2, 0.25) is 0 Å². The van der Waals surface area contributed by atoms with Gasteiger partial charge in [-0.15, -0.1) is 0 Å². The Hall–Kier alpha value is -4.62. The van der Waals surface area contributed by atoms with Gasteiger partial charge in [0.25, 0.3) is 0 Å². The molecule has 1 aliphatic rings. The third-order valence-electron chi connectivity index (χ3n) is 9.59. The number of para-hydroxylation sites is 2. The van der Waals surface area contributed by atoms with Gasteiger partial charge >= 0.3 is 0 Å². The number of rotatable bonds is 3. The summed E-state index contributed by atoms with van der Waals surface area (Å²) in [5, 5.41) is 10.4. The van der Waals surface area contributed by atoms with E-state index in [1.165, 1.54) is 97.4 Å². The Morgan fingerprint density at radius 3 is 2.00 bits per heavy atom. The van der Waals surface area contributed by atoms with E-state index in [1.807, 2.05) is 0 Å². The van der Waals surface area contributed by atoms with Gasteiger partial charge in [-0.25, -0.2) is 0 Å². The van der Waals surface area contributed by atoms with Crippen LogP contribution in [-0.4, -0.2) is 0 Å². The molecule has 1 aliphatic carbocycles. The largest absolute Gasteiger partial charge is 0.455 e. The molecule has 0 bridgehead atoms. The van der Waals surface area contributed by atoms with Crippen LogP contribution in [0, 0.1) is 0 Å². The molecule has 1 heteroatoms.